The third kappa shape index (κ3) is 3.13. The average molecular weight is 258 g/mol. The van der Waals surface area contributed by atoms with Gasteiger partial charge in [0.25, 0.3) is 0 Å². The Hall–Kier alpha value is -1.30. The van der Waals surface area contributed by atoms with Gasteiger partial charge in [-0.3, -0.25) is 0 Å². The first kappa shape index (κ1) is 14.8. The molecule has 0 radical (unpaired) electrons. The minimum absolute atomic E-state index is 0.121. The highest BCUT2D eigenvalue weighted by molar-refractivity contribution is 5.83. The minimum atomic E-state index is -1.13. The molecule has 0 saturated carbocycles. The Morgan fingerprint density at radius 3 is 2.39 bits per heavy atom. The number of ether oxygens (including phenoxy) is 2. The predicted octanol–water partition coefficient (Wildman–Crippen LogP) is 0.886. The molecule has 0 bridgehead atoms. The van der Waals surface area contributed by atoms with Crippen LogP contribution >= 0.6 is 0 Å². The summed E-state index contributed by atoms with van der Waals surface area (Å²) < 4.78 is 9.95. The Kier molecular flexibility index (Phi) is 3.90. The van der Waals surface area contributed by atoms with Crippen molar-refractivity contribution in [1.82, 2.24) is 4.90 Å². The average Bonchev–Trinajstić information content (AvgIpc) is 2.52. The van der Waals surface area contributed by atoms with Crippen LogP contribution in [0.5, 0.6) is 0 Å². The van der Waals surface area contributed by atoms with E-state index in [1.165, 1.54) is 12.0 Å². The number of carbonyl (C=O) groups excluding carboxylic acids is 2. The van der Waals surface area contributed by atoms with Gasteiger partial charge >= 0.3 is 12.1 Å². The summed E-state index contributed by atoms with van der Waals surface area (Å²) in [5, 5.41) is 0. The fraction of sp³-hybridized carbons (Fsp3) is 0.833. The number of amides is 1. The van der Waals surface area contributed by atoms with Crippen molar-refractivity contribution in [3.8, 4) is 0 Å². The first-order valence-corrected chi connectivity index (χ1v) is 5.96. The summed E-state index contributed by atoms with van der Waals surface area (Å²) in [6.07, 6.45) is -0.0786. The molecule has 1 aliphatic heterocycles. The maximum absolute atomic E-state index is 12.0. The first-order valence-electron chi connectivity index (χ1n) is 5.96. The highest BCUT2D eigenvalue weighted by Crippen LogP contribution is 2.27. The summed E-state index contributed by atoms with van der Waals surface area (Å²) in [7, 11) is 1.29. The summed E-state index contributed by atoms with van der Waals surface area (Å²) in [5.41, 5.74) is 4.27. The zero-order valence-corrected chi connectivity index (χ0v) is 11.6. The van der Waals surface area contributed by atoms with E-state index in [9.17, 15) is 9.59 Å². The number of methoxy groups -OCH3 is 1. The monoisotopic (exact) mass is 258 g/mol. The Balaban J connectivity index is 2.76. The lowest BCUT2D eigenvalue weighted by atomic mass is 9.98. The van der Waals surface area contributed by atoms with Crippen LogP contribution in [0.4, 0.5) is 4.79 Å². The van der Waals surface area contributed by atoms with Gasteiger partial charge in [0.05, 0.1) is 13.7 Å². The quantitative estimate of drug-likeness (QED) is 0.706. The Morgan fingerprint density at radius 2 is 1.94 bits per heavy atom. The van der Waals surface area contributed by atoms with Gasteiger partial charge in [0.15, 0.2) is 0 Å². The third-order valence-corrected chi connectivity index (χ3v) is 2.86. The van der Waals surface area contributed by atoms with E-state index in [0.29, 0.717) is 6.42 Å². The van der Waals surface area contributed by atoms with E-state index in [1.807, 2.05) is 6.92 Å². The van der Waals surface area contributed by atoms with E-state index in [1.54, 1.807) is 20.8 Å². The molecule has 0 spiro atoms. The summed E-state index contributed by atoms with van der Waals surface area (Å²) in [5.74, 6) is -0.500. The van der Waals surface area contributed by atoms with Gasteiger partial charge in [0.2, 0.25) is 0 Å². The lowest BCUT2D eigenvalue weighted by molar-refractivity contribution is -0.146. The molecular formula is C12H22N2O4. The van der Waals surface area contributed by atoms with Gasteiger partial charge in [-0.25, -0.2) is 9.59 Å². The highest BCUT2D eigenvalue weighted by Gasteiger charge is 2.48. The van der Waals surface area contributed by atoms with Crippen LogP contribution in [0, 0.1) is 0 Å². The second-order valence-corrected chi connectivity index (χ2v) is 5.81. The summed E-state index contributed by atoms with van der Waals surface area (Å²) in [4.78, 5) is 25.0. The Bertz CT molecular complexity index is 350. The molecule has 18 heavy (non-hydrogen) atoms. The van der Waals surface area contributed by atoms with Crippen molar-refractivity contribution >= 4 is 12.1 Å². The summed E-state index contributed by atoms with van der Waals surface area (Å²) in [6.45, 7) is 7.34. The van der Waals surface area contributed by atoms with Crippen LogP contribution in [0.3, 0.4) is 0 Å². The maximum Gasteiger partial charge on any atom is 0.410 e. The first-order chi connectivity index (χ1) is 8.09. The van der Waals surface area contributed by atoms with Crippen LogP contribution in [0.2, 0.25) is 0 Å². The summed E-state index contributed by atoms with van der Waals surface area (Å²) >= 11 is 0. The number of rotatable bonds is 1. The number of carbonyl (C=O) groups is 2. The molecule has 2 unspecified atom stereocenters. The smallest absolute Gasteiger partial charge is 0.410 e. The molecule has 1 rings (SSSR count). The van der Waals surface area contributed by atoms with Crippen LogP contribution in [0.1, 0.15) is 34.1 Å². The van der Waals surface area contributed by atoms with Crippen LogP contribution in [-0.2, 0) is 14.3 Å². The molecule has 1 aliphatic rings. The van der Waals surface area contributed by atoms with Crippen LogP contribution in [-0.4, -0.2) is 47.8 Å². The van der Waals surface area contributed by atoms with Gasteiger partial charge in [-0.05, 0) is 34.1 Å². The maximum atomic E-state index is 12.0. The second-order valence-electron chi connectivity index (χ2n) is 5.81. The third-order valence-electron chi connectivity index (χ3n) is 2.86. The van der Waals surface area contributed by atoms with Crippen molar-refractivity contribution in [2.24, 2.45) is 5.73 Å². The van der Waals surface area contributed by atoms with E-state index < -0.39 is 23.2 Å². The predicted molar refractivity (Wildman–Crippen MR) is 66.0 cm³/mol. The molecule has 104 valence electrons. The standard InChI is InChI=1S/C12H22N2O4/c1-8-6-12(13,9(15)17-5)7-14(8)10(16)18-11(2,3)4/h8H,6-7,13H2,1-5H3. The molecule has 1 fully saturated rings. The van der Waals surface area contributed by atoms with Crippen molar-refractivity contribution in [3.05, 3.63) is 0 Å². The molecule has 0 aromatic carbocycles. The largest absolute Gasteiger partial charge is 0.468 e. The van der Waals surface area contributed by atoms with Crippen molar-refractivity contribution in [2.45, 2.75) is 51.3 Å². The van der Waals surface area contributed by atoms with Crippen LogP contribution in [0.15, 0.2) is 0 Å². The molecule has 1 heterocycles. The van der Waals surface area contributed by atoms with Crippen molar-refractivity contribution in [2.75, 3.05) is 13.7 Å². The molecule has 1 amide bonds. The van der Waals surface area contributed by atoms with Crippen molar-refractivity contribution in [1.29, 1.82) is 0 Å². The zero-order chi connectivity index (χ0) is 14.1. The van der Waals surface area contributed by atoms with E-state index in [0.717, 1.165) is 0 Å². The van der Waals surface area contributed by atoms with Gasteiger partial charge < -0.3 is 20.1 Å². The van der Waals surface area contributed by atoms with Crippen molar-refractivity contribution < 1.29 is 19.1 Å². The Labute approximate surface area is 107 Å². The van der Waals surface area contributed by atoms with Gasteiger partial charge in [0.1, 0.15) is 11.1 Å². The van der Waals surface area contributed by atoms with Crippen LogP contribution < -0.4 is 5.73 Å². The lowest BCUT2D eigenvalue weighted by Crippen LogP contribution is -2.51. The molecule has 0 aromatic heterocycles. The molecule has 0 aromatic rings. The molecule has 0 aliphatic carbocycles. The van der Waals surface area contributed by atoms with Crippen molar-refractivity contribution in [3.63, 3.8) is 0 Å². The fourth-order valence-corrected chi connectivity index (χ4v) is 2.08. The number of esters is 1. The number of nitrogens with zero attached hydrogens (tertiary/aromatic N) is 1. The molecule has 6 nitrogen and oxygen atoms in total. The number of likely N-dealkylation sites (tertiary alicyclic amines) is 1. The van der Waals surface area contributed by atoms with Gasteiger partial charge in [-0.2, -0.15) is 0 Å². The lowest BCUT2D eigenvalue weighted by Gasteiger charge is -2.27. The SMILES string of the molecule is COC(=O)C1(N)CC(C)N(C(=O)OC(C)(C)C)C1. The van der Waals surface area contributed by atoms with E-state index in [4.69, 9.17) is 10.5 Å². The summed E-state index contributed by atoms with van der Waals surface area (Å²) in [6, 6.07) is -0.149. The van der Waals surface area contributed by atoms with E-state index >= 15 is 0 Å². The molecular weight excluding hydrogens is 236 g/mol. The molecule has 6 heteroatoms. The molecule has 2 atom stereocenters. The van der Waals surface area contributed by atoms with Gasteiger partial charge in [0, 0.05) is 6.04 Å². The minimum Gasteiger partial charge on any atom is -0.468 e. The number of hydrogen-bond donors (Lipinski definition) is 1. The highest BCUT2D eigenvalue weighted by atomic mass is 16.6. The van der Waals surface area contributed by atoms with Crippen LogP contribution in [0.25, 0.3) is 0 Å². The number of hydrogen-bond acceptors (Lipinski definition) is 5. The Morgan fingerprint density at radius 1 is 1.39 bits per heavy atom. The van der Waals surface area contributed by atoms with Gasteiger partial charge in [-0.15, -0.1) is 0 Å². The van der Waals surface area contributed by atoms with E-state index in [-0.39, 0.29) is 12.6 Å². The van der Waals surface area contributed by atoms with E-state index in [2.05, 4.69) is 4.74 Å². The molecule has 2 N–H and O–H groups in total. The normalized spacial score (nSPS) is 28.1. The molecule has 1 saturated heterocycles. The topological polar surface area (TPSA) is 81.9 Å². The fourth-order valence-electron chi connectivity index (χ4n) is 2.08. The second kappa shape index (κ2) is 4.76. The number of nitrogens with two attached hydrogens (primary N) is 1. The zero-order valence-electron chi connectivity index (χ0n) is 11.6. The van der Waals surface area contributed by atoms with Gasteiger partial charge in [-0.1, -0.05) is 0 Å².